The topological polar surface area (TPSA) is 59.8 Å². The van der Waals surface area contributed by atoms with E-state index in [2.05, 4.69) is 60.6 Å². The molecule has 0 fully saturated rings. The first kappa shape index (κ1) is 20.1. The fourth-order valence-electron chi connectivity index (χ4n) is 2.83. The quantitative estimate of drug-likeness (QED) is 0.597. The molecule has 0 unspecified atom stereocenters. The van der Waals surface area contributed by atoms with Gasteiger partial charge in [-0.05, 0) is 43.5 Å². The van der Waals surface area contributed by atoms with Crippen molar-refractivity contribution in [3.05, 3.63) is 71.0 Å². The lowest BCUT2D eigenvalue weighted by atomic mass is 10.1. The van der Waals surface area contributed by atoms with Gasteiger partial charge in [-0.3, -0.25) is 9.36 Å². The minimum atomic E-state index is -0.0268. The van der Waals surface area contributed by atoms with Crippen molar-refractivity contribution in [3.63, 3.8) is 0 Å². The van der Waals surface area contributed by atoms with E-state index in [1.165, 1.54) is 5.56 Å². The number of amides is 1. The van der Waals surface area contributed by atoms with Gasteiger partial charge in [-0.25, -0.2) is 0 Å². The number of aromatic nitrogens is 3. The highest BCUT2D eigenvalue weighted by molar-refractivity contribution is 7.98. The fraction of sp³-hybridized carbons (Fsp3) is 0.318. The molecule has 5 nitrogen and oxygen atoms in total. The molecule has 3 aromatic rings. The van der Waals surface area contributed by atoms with Crippen LogP contribution in [0.25, 0.3) is 5.69 Å². The maximum Gasteiger partial charge on any atom is 0.251 e. The molecule has 146 valence electrons. The monoisotopic (exact) mass is 394 g/mol. The van der Waals surface area contributed by atoms with Gasteiger partial charge in [0.2, 0.25) is 0 Å². The van der Waals surface area contributed by atoms with E-state index in [1.807, 2.05) is 35.8 Å². The molecule has 6 heteroatoms. The lowest BCUT2D eigenvalue weighted by Crippen LogP contribution is -2.28. The maximum atomic E-state index is 12.6. The second-order valence-corrected chi connectivity index (χ2v) is 8.19. The summed E-state index contributed by atoms with van der Waals surface area (Å²) >= 11 is 1.59. The number of nitrogens with one attached hydrogen (secondary N) is 1. The van der Waals surface area contributed by atoms with Crippen LogP contribution in [-0.2, 0) is 5.75 Å². The zero-order chi connectivity index (χ0) is 20.1. The first-order valence-electron chi connectivity index (χ1n) is 9.43. The van der Waals surface area contributed by atoms with Crippen LogP contribution in [0.4, 0.5) is 0 Å². The predicted molar refractivity (Wildman–Crippen MR) is 114 cm³/mol. The molecule has 28 heavy (non-hydrogen) atoms. The van der Waals surface area contributed by atoms with Gasteiger partial charge in [0, 0.05) is 23.5 Å². The summed E-state index contributed by atoms with van der Waals surface area (Å²) in [6, 6.07) is 16.0. The summed E-state index contributed by atoms with van der Waals surface area (Å²) in [4.78, 5) is 12.6. The summed E-state index contributed by atoms with van der Waals surface area (Å²) in [5.74, 6) is 1.88. The minimum Gasteiger partial charge on any atom is -0.352 e. The van der Waals surface area contributed by atoms with Crippen molar-refractivity contribution in [1.82, 2.24) is 20.1 Å². The Labute approximate surface area is 170 Å². The zero-order valence-corrected chi connectivity index (χ0v) is 17.6. The van der Waals surface area contributed by atoms with Gasteiger partial charge in [0.1, 0.15) is 5.82 Å². The van der Waals surface area contributed by atoms with Crippen molar-refractivity contribution in [2.24, 2.45) is 5.92 Å². The van der Waals surface area contributed by atoms with E-state index in [4.69, 9.17) is 0 Å². The summed E-state index contributed by atoms with van der Waals surface area (Å²) in [7, 11) is 0. The highest BCUT2D eigenvalue weighted by Gasteiger charge is 2.15. The molecule has 0 saturated heterocycles. The number of carbonyl (C=O) groups excluding carboxylic acids is 1. The highest BCUT2D eigenvalue weighted by Crippen LogP contribution is 2.26. The standard InChI is InChI=1S/C22H26N4OS/c1-15(2)13-23-21(27)20-8-6-5-7-18(20)14-28-22-25-24-17(4)26(22)19-11-9-16(3)10-12-19/h5-12,15H,13-14H2,1-4H3,(H,23,27). The smallest absolute Gasteiger partial charge is 0.251 e. The third-order valence-corrected chi connectivity index (χ3v) is 5.35. The Kier molecular flexibility index (Phi) is 6.52. The van der Waals surface area contributed by atoms with Crippen LogP contribution >= 0.6 is 11.8 Å². The van der Waals surface area contributed by atoms with Crippen LogP contribution in [0.15, 0.2) is 53.7 Å². The zero-order valence-electron chi connectivity index (χ0n) is 16.8. The van der Waals surface area contributed by atoms with Gasteiger partial charge in [-0.1, -0.05) is 61.5 Å². The van der Waals surface area contributed by atoms with Crippen LogP contribution in [0.3, 0.4) is 0 Å². The Hall–Kier alpha value is -2.60. The lowest BCUT2D eigenvalue weighted by Gasteiger charge is -2.12. The third-order valence-electron chi connectivity index (χ3n) is 4.38. The first-order valence-corrected chi connectivity index (χ1v) is 10.4. The normalized spacial score (nSPS) is 11.0. The molecular formula is C22H26N4OS. The molecule has 1 N–H and O–H groups in total. The number of thioether (sulfide) groups is 1. The summed E-state index contributed by atoms with van der Waals surface area (Å²) in [6.45, 7) is 8.86. The Morgan fingerprint density at radius 3 is 2.50 bits per heavy atom. The van der Waals surface area contributed by atoms with Crippen molar-refractivity contribution < 1.29 is 4.79 Å². The van der Waals surface area contributed by atoms with E-state index >= 15 is 0 Å². The van der Waals surface area contributed by atoms with Gasteiger partial charge < -0.3 is 5.32 Å². The van der Waals surface area contributed by atoms with Crippen molar-refractivity contribution in [2.75, 3.05) is 6.54 Å². The molecule has 0 spiro atoms. The largest absolute Gasteiger partial charge is 0.352 e. The van der Waals surface area contributed by atoms with Gasteiger partial charge in [-0.2, -0.15) is 0 Å². The average Bonchev–Trinajstić information content (AvgIpc) is 3.06. The van der Waals surface area contributed by atoms with Gasteiger partial charge in [0.05, 0.1) is 0 Å². The van der Waals surface area contributed by atoms with Gasteiger partial charge in [0.15, 0.2) is 5.16 Å². The molecule has 2 aromatic carbocycles. The highest BCUT2D eigenvalue weighted by atomic mass is 32.2. The second kappa shape index (κ2) is 9.06. The number of nitrogens with zero attached hydrogens (tertiary/aromatic N) is 3. The summed E-state index contributed by atoms with van der Waals surface area (Å²) < 4.78 is 2.05. The second-order valence-electron chi connectivity index (χ2n) is 7.25. The van der Waals surface area contributed by atoms with Gasteiger partial charge >= 0.3 is 0 Å². The van der Waals surface area contributed by atoms with Crippen LogP contribution in [-0.4, -0.2) is 27.2 Å². The van der Waals surface area contributed by atoms with Crippen LogP contribution in [0.2, 0.25) is 0 Å². The average molecular weight is 395 g/mol. The van der Waals surface area contributed by atoms with E-state index in [0.29, 0.717) is 23.8 Å². The molecule has 1 aromatic heterocycles. The van der Waals surface area contributed by atoms with Crippen LogP contribution in [0.1, 0.15) is 41.2 Å². The van der Waals surface area contributed by atoms with E-state index in [1.54, 1.807) is 11.8 Å². The van der Waals surface area contributed by atoms with Crippen LogP contribution in [0, 0.1) is 19.8 Å². The molecule has 0 bridgehead atoms. The Morgan fingerprint density at radius 1 is 1.07 bits per heavy atom. The first-order chi connectivity index (χ1) is 13.5. The molecular weight excluding hydrogens is 368 g/mol. The SMILES string of the molecule is Cc1ccc(-n2c(C)nnc2SCc2ccccc2C(=O)NCC(C)C)cc1. The fourth-order valence-corrected chi connectivity index (χ4v) is 3.83. The summed E-state index contributed by atoms with van der Waals surface area (Å²) in [6.07, 6.45) is 0. The molecule has 1 heterocycles. The Bertz CT molecular complexity index is 947. The maximum absolute atomic E-state index is 12.6. The third kappa shape index (κ3) is 4.81. The number of aryl methyl sites for hydroxylation is 2. The summed E-state index contributed by atoms with van der Waals surface area (Å²) in [5, 5.41) is 12.4. The molecule has 1 amide bonds. The molecule has 0 atom stereocenters. The predicted octanol–water partition coefficient (Wildman–Crippen LogP) is 4.56. The summed E-state index contributed by atoms with van der Waals surface area (Å²) in [5.41, 5.74) is 3.96. The van der Waals surface area contributed by atoms with Crippen molar-refractivity contribution >= 4 is 17.7 Å². The number of hydrogen-bond acceptors (Lipinski definition) is 4. The molecule has 0 aliphatic carbocycles. The van der Waals surface area contributed by atoms with Crippen LogP contribution in [0.5, 0.6) is 0 Å². The van der Waals surface area contributed by atoms with Crippen molar-refractivity contribution in [2.45, 2.75) is 38.6 Å². The Balaban J connectivity index is 1.79. The van der Waals surface area contributed by atoms with E-state index in [9.17, 15) is 4.79 Å². The van der Waals surface area contributed by atoms with Crippen molar-refractivity contribution in [3.8, 4) is 5.69 Å². The number of carbonyl (C=O) groups is 1. The molecule has 0 aliphatic heterocycles. The van der Waals surface area contributed by atoms with Gasteiger partial charge in [0.25, 0.3) is 5.91 Å². The molecule has 0 aliphatic rings. The van der Waals surface area contributed by atoms with E-state index < -0.39 is 0 Å². The molecule has 3 rings (SSSR count). The van der Waals surface area contributed by atoms with Crippen molar-refractivity contribution in [1.29, 1.82) is 0 Å². The molecule has 0 radical (unpaired) electrons. The number of hydrogen-bond donors (Lipinski definition) is 1. The Morgan fingerprint density at radius 2 is 1.79 bits per heavy atom. The van der Waals surface area contributed by atoms with E-state index in [-0.39, 0.29) is 5.91 Å². The number of benzene rings is 2. The minimum absolute atomic E-state index is 0.0268. The number of rotatable bonds is 7. The van der Waals surface area contributed by atoms with Crippen LogP contribution < -0.4 is 5.32 Å². The van der Waals surface area contributed by atoms with Gasteiger partial charge in [-0.15, -0.1) is 10.2 Å². The lowest BCUT2D eigenvalue weighted by molar-refractivity contribution is 0.0948. The molecule has 0 saturated carbocycles. The van der Waals surface area contributed by atoms with E-state index in [0.717, 1.165) is 22.2 Å².